The Kier molecular flexibility index (Phi) is 5.22. The van der Waals surface area contributed by atoms with Crippen molar-refractivity contribution in [2.45, 2.75) is 17.7 Å². The second-order valence-electron chi connectivity index (χ2n) is 5.16. The summed E-state index contributed by atoms with van der Waals surface area (Å²) in [5.74, 6) is 0.502. The van der Waals surface area contributed by atoms with Gasteiger partial charge in [0, 0.05) is 13.1 Å². The van der Waals surface area contributed by atoms with E-state index in [2.05, 4.69) is 5.32 Å². The van der Waals surface area contributed by atoms with Crippen LogP contribution in [0.2, 0.25) is 5.02 Å². The van der Waals surface area contributed by atoms with Crippen molar-refractivity contribution in [1.82, 2.24) is 9.62 Å². The molecule has 0 aliphatic carbocycles. The highest BCUT2D eigenvalue weighted by molar-refractivity contribution is 7.89. The Labute approximate surface area is 130 Å². The molecule has 1 N–H and O–H groups in total. The zero-order chi connectivity index (χ0) is 15.5. The van der Waals surface area contributed by atoms with Crippen LogP contribution < -0.4 is 5.32 Å². The molecule has 1 aromatic carbocycles. The highest BCUT2D eigenvalue weighted by atomic mass is 35.5. The average Bonchev–Trinajstić information content (AvgIpc) is 2.48. The molecule has 1 saturated heterocycles. The van der Waals surface area contributed by atoms with Crippen molar-refractivity contribution in [3.63, 3.8) is 0 Å². The molecule has 0 unspecified atom stereocenters. The molecular formula is C14H18ClN3O2S. The quantitative estimate of drug-likeness (QED) is 0.915. The molecule has 1 heterocycles. The van der Waals surface area contributed by atoms with Crippen molar-refractivity contribution in [2.24, 2.45) is 5.92 Å². The topological polar surface area (TPSA) is 73.2 Å². The van der Waals surface area contributed by atoms with Gasteiger partial charge in [-0.05, 0) is 50.6 Å². The first-order valence-electron chi connectivity index (χ1n) is 6.83. The van der Waals surface area contributed by atoms with Gasteiger partial charge in [-0.3, -0.25) is 0 Å². The summed E-state index contributed by atoms with van der Waals surface area (Å²) >= 11 is 6.01. The van der Waals surface area contributed by atoms with E-state index in [0.717, 1.165) is 19.4 Å². The molecule has 7 heteroatoms. The van der Waals surface area contributed by atoms with Gasteiger partial charge < -0.3 is 5.32 Å². The molecule has 5 nitrogen and oxygen atoms in total. The molecule has 1 aliphatic heterocycles. The highest BCUT2D eigenvalue weighted by Gasteiger charge is 2.30. The molecular weight excluding hydrogens is 310 g/mol. The molecule has 0 bridgehead atoms. The molecule has 21 heavy (non-hydrogen) atoms. The van der Waals surface area contributed by atoms with Gasteiger partial charge in [0.25, 0.3) is 0 Å². The van der Waals surface area contributed by atoms with Gasteiger partial charge in [0.05, 0.1) is 16.7 Å². The minimum absolute atomic E-state index is 0.0234. The fourth-order valence-electron chi connectivity index (χ4n) is 2.55. The van der Waals surface area contributed by atoms with Crippen molar-refractivity contribution in [3.05, 3.63) is 28.8 Å². The molecule has 0 amide bonds. The normalized spacial score (nSPS) is 17.6. The monoisotopic (exact) mass is 327 g/mol. The fraction of sp³-hybridized carbons (Fsp3) is 0.500. The van der Waals surface area contributed by atoms with Crippen LogP contribution in [-0.4, -0.2) is 39.4 Å². The van der Waals surface area contributed by atoms with Crippen LogP contribution in [0.15, 0.2) is 23.1 Å². The number of nitrogens with one attached hydrogen (secondary N) is 1. The Morgan fingerprint density at radius 1 is 1.43 bits per heavy atom. The first-order valence-corrected chi connectivity index (χ1v) is 8.65. The summed E-state index contributed by atoms with van der Waals surface area (Å²) in [4.78, 5) is 0.0234. The van der Waals surface area contributed by atoms with E-state index in [4.69, 9.17) is 16.9 Å². The van der Waals surface area contributed by atoms with Gasteiger partial charge in [-0.2, -0.15) is 9.57 Å². The van der Waals surface area contributed by atoms with Crippen LogP contribution in [0.3, 0.4) is 0 Å². The predicted molar refractivity (Wildman–Crippen MR) is 81.6 cm³/mol. The van der Waals surface area contributed by atoms with Crippen LogP contribution in [0.5, 0.6) is 0 Å². The van der Waals surface area contributed by atoms with Crippen molar-refractivity contribution in [1.29, 1.82) is 5.26 Å². The lowest BCUT2D eigenvalue weighted by Gasteiger charge is -2.31. The van der Waals surface area contributed by atoms with E-state index in [-0.39, 0.29) is 9.92 Å². The molecule has 0 radical (unpaired) electrons. The maximum atomic E-state index is 12.7. The lowest BCUT2D eigenvalue weighted by Crippen LogP contribution is -2.40. The smallest absolute Gasteiger partial charge is 0.244 e. The molecule has 0 aromatic heterocycles. The molecule has 1 aliphatic rings. The van der Waals surface area contributed by atoms with Crippen LogP contribution in [0.4, 0.5) is 0 Å². The van der Waals surface area contributed by atoms with E-state index in [9.17, 15) is 8.42 Å². The first-order chi connectivity index (χ1) is 9.98. The SMILES string of the molecule is CNCC1CCN(S(=O)(=O)c2cc(C#N)ccc2Cl)CC1. The third kappa shape index (κ3) is 3.55. The summed E-state index contributed by atoms with van der Waals surface area (Å²) in [5, 5.41) is 12.2. The van der Waals surface area contributed by atoms with Crippen LogP contribution in [-0.2, 0) is 10.0 Å². The minimum Gasteiger partial charge on any atom is -0.319 e. The van der Waals surface area contributed by atoms with E-state index in [1.54, 1.807) is 0 Å². The maximum Gasteiger partial charge on any atom is 0.244 e. The highest BCUT2D eigenvalue weighted by Crippen LogP contribution is 2.28. The number of hydrogen-bond donors (Lipinski definition) is 1. The van der Waals surface area contributed by atoms with E-state index in [1.165, 1.54) is 22.5 Å². The second-order valence-corrected chi connectivity index (χ2v) is 7.48. The molecule has 114 valence electrons. The van der Waals surface area contributed by atoms with Gasteiger partial charge in [-0.25, -0.2) is 8.42 Å². The van der Waals surface area contributed by atoms with Crippen LogP contribution in [0.1, 0.15) is 18.4 Å². The number of benzene rings is 1. The summed E-state index contributed by atoms with van der Waals surface area (Å²) < 4.78 is 26.8. The molecule has 1 fully saturated rings. The molecule has 0 atom stereocenters. The van der Waals surface area contributed by atoms with Gasteiger partial charge >= 0.3 is 0 Å². The number of sulfonamides is 1. The Hall–Kier alpha value is -1.13. The summed E-state index contributed by atoms with van der Waals surface area (Å²) in [7, 11) is -1.73. The van der Waals surface area contributed by atoms with Gasteiger partial charge in [-0.15, -0.1) is 0 Å². The second kappa shape index (κ2) is 6.75. The predicted octanol–water partition coefficient (Wildman–Crippen LogP) is 1.83. The van der Waals surface area contributed by atoms with Crippen molar-refractivity contribution >= 4 is 21.6 Å². The summed E-state index contributed by atoms with van der Waals surface area (Å²) in [5.41, 5.74) is 0.294. The van der Waals surface area contributed by atoms with E-state index < -0.39 is 10.0 Å². The maximum absolute atomic E-state index is 12.7. The summed E-state index contributed by atoms with van der Waals surface area (Å²) in [6, 6.07) is 6.26. The van der Waals surface area contributed by atoms with E-state index in [1.807, 2.05) is 13.1 Å². The molecule has 1 aromatic rings. The Bertz CT molecular complexity index is 647. The van der Waals surface area contributed by atoms with Gasteiger partial charge in [0.2, 0.25) is 10.0 Å². The van der Waals surface area contributed by atoms with Gasteiger partial charge in [-0.1, -0.05) is 11.6 Å². The standard InChI is InChI=1S/C14H18ClN3O2S/c1-17-10-11-4-6-18(7-5-11)21(19,20)14-8-12(9-16)2-3-13(14)15/h2-3,8,11,17H,4-7,10H2,1H3. The van der Waals surface area contributed by atoms with Crippen molar-refractivity contribution in [2.75, 3.05) is 26.7 Å². The summed E-state index contributed by atoms with van der Waals surface area (Å²) in [6.07, 6.45) is 1.66. The van der Waals surface area contributed by atoms with E-state index in [0.29, 0.717) is 24.6 Å². The third-order valence-electron chi connectivity index (χ3n) is 3.74. The van der Waals surface area contributed by atoms with Gasteiger partial charge in [0.1, 0.15) is 4.90 Å². The van der Waals surface area contributed by atoms with Crippen molar-refractivity contribution < 1.29 is 8.42 Å². The number of rotatable bonds is 4. The van der Waals surface area contributed by atoms with Crippen LogP contribution in [0.25, 0.3) is 0 Å². The zero-order valence-corrected chi connectivity index (χ0v) is 13.4. The minimum atomic E-state index is -3.63. The lowest BCUT2D eigenvalue weighted by molar-refractivity contribution is 0.270. The largest absolute Gasteiger partial charge is 0.319 e. The number of nitrogens with zero attached hydrogens (tertiary/aromatic N) is 2. The third-order valence-corrected chi connectivity index (χ3v) is 6.12. The summed E-state index contributed by atoms with van der Waals surface area (Å²) in [6.45, 7) is 1.88. The number of halogens is 1. The molecule has 0 spiro atoms. The number of nitriles is 1. The molecule has 2 rings (SSSR count). The van der Waals surface area contributed by atoms with Crippen LogP contribution in [0, 0.1) is 17.2 Å². The first kappa shape index (κ1) is 16.2. The average molecular weight is 328 g/mol. The van der Waals surface area contributed by atoms with Crippen LogP contribution >= 0.6 is 11.6 Å². The molecule has 0 saturated carbocycles. The lowest BCUT2D eigenvalue weighted by atomic mass is 9.98. The number of hydrogen-bond acceptors (Lipinski definition) is 4. The van der Waals surface area contributed by atoms with Crippen molar-refractivity contribution in [3.8, 4) is 6.07 Å². The Morgan fingerprint density at radius 3 is 2.67 bits per heavy atom. The fourth-order valence-corrected chi connectivity index (χ4v) is 4.52. The Morgan fingerprint density at radius 2 is 2.10 bits per heavy atom. The van der Waals surface area contributed by atoms with Gasteiger partial charge in [0.15, 0.2) is 0 Å². The zero-order valence-electron chi connectivity index (χ0n) is 11.8. The van der Waals surface area contributed by atoms with E-state index >= 15 is 0 Å². The Balaban J connectivity index is 2.22. The number of piperidine rings is 1.